The van der Waals surface area contributed by atoms with Gasteiger partial charge in [-0.15, -0.1) is 0 Å². The smallest absolute Gasteiger partial charge is 0.244 e. The molecule has 0 radical (unpaired) electrons. The molecular weight excluding hydrogens is 317 g/mol. The molecule has 120 valence electrons. The summed E-state index contributed by atoms with van der Waals surface area (Å²) in [5, 5.41) is 3.48. The van der Waals surface area contributed by atoms with E-state index in [-0.39, 0.29) is 17.7 Å². The summed E-state index contributed by atoms with van der Waals surface area (Å²) in [6, 6.07) is 11.6. The lowest BCUT2D eigenvalue weighted by atomic mass is 10.1. The summed E-state index contributed by atoms with van der Waals surface area (Å²) >= 11 is 5.84. The molecule has 0 aliphatic rings. The molecular formula is C18H17ClFNO2. The average molecular weight is 334 g/mol. The highest BCUT2D eigenvalue weighted by Crippen LogP contribution is 2.19. The molecule has 1 N–H and O–H groups in total. The van der Waals surface area contributed by atoms with Gasteiger partial charge in [-0.2, -0.15) is 0 Å². The molecule has 1 atom stereocenters. The molecule has 2 rings (SSSR count). The van der Waals surface area contributed by atoms with Crippen molar-refractivity contribution >= 4 is 23.6 Å². The maximum atomic E-state index is 13.6. The molecule has 3 nitrogen and oxygen atoms in total. The summed E-state index contributed by atoms with van der Waals surface area (Å²) < 4.78 is 18.4. The van der Waals surface area contributed by atoms with E-state index in [2.05, 4.69) is 5.32 Å². The first-order valence-electron chi connectivity index (χ1n) is 7.07. The first-order valence-corrected chi connectivity index (χ1v) is 7.45. The summed E-state index contributed by atoms with van der Waals surface area (Å²) in [6.45, 7) is 1.88. The molecule has 0 saturated carbocycles. The molecule has 2 aromatic rings. The van der Waals surface area contributed by atoms with E-state index in [9.17, 15) is 9.18 Å². The summed E-state index contributed by atoms with van der Waals surface area (Å²) in [7, 11) is 1.40. The van der Waals surface area contributed by atoms with Crippen LogP contribution in [0, 0.1) is 5.82 Å². The number of methoxy groups -OCH3 is 1. The lowest BCUT2D eigenvalue weighted by Crippen LogP contribution is -2.24. The van der Waals surface area contributed by atoms with Crippen molar-refractivity contribution in [1.29, 1.82) is 0 Å². The van der Waals surface area contributed by atoms with Crippen molar-refractivity contribution in [3.8, 4) is 5.75 Å². The maximum absolute atomic E-state index is 13.6. The minimum atomic E-state index is -0.468. The first-order chi connectivity index (χ1) is 11.0. The van der Waals surface area contributed by atoms with Crippen LogP contribution in [0.2, 0.25) is 5.02 Å². The van der Waals surface area contributed by atoms with Gasteiger partial charge in [-0.05, 0) is 48.4 Å². The SMILES string of the molecule is COc1ccc(/C=C/C(=O)NC(C)c2ccc(Cl)cc2)cc1F. The van der Waals surface area contributed by atoms with Gasteiger partial charge in [0.15, 0.2) is 11.6 Å². The van der Waals surface area contributed by atoms with E-state index in [1.807, 2.05) is 19.1 Å². The topological polar surface area (TPSA) is 38.3 Å². The van der Waals surface area contributed by atoms with Crippen molar-refractivity contribution in [2.75, 3.05) is 7.11 Å². The molecule has 0 aliphatic carbocycles. The molecule has 0 spiro atoms. The molecule has 0 bridgehead atoms. The molecule has 23 heavy (non-hydrogen) atoms. The van der Waals surface area contributed by atoms with E-state index in [0.29, 0.717) is 10.6 Å². The molecule has 2 aromatic carbocycles. The van der Waals surface area contributed by atoms with Crippen LogP contribution in [0.3, 0.4) is 0 Å². The normalized spacial score (nSPS) is 12.2. The van der Waals surface area contributed by atoms with Gasteiger partial charge >= 0.3 is 0 Å². The lowest BCUT2D eigenvalue weighted by Gasteiger charge is -2.12. The molecule has 0 heterocycles. The van der Waals surface area contributed by atoms with Gasteiger partial charge < -0.3 is 10.1 Å². The predicted molar refractivity (Wildman–Crippen MR) is 90.0 cm³/mol. The minimum absolute atomic E-state index is 0.156. The second kappa shape index (κ2) is 7.79. The molecule has 0 aliphatic heterocycles. The zero-order valence-electron chi connectivity index (χ0n) is 12.8. The Morgan fingerprint density at radius 3 is 2.57 bits per heavy atom. The van der Waals surface area contributed by atoms with Gasteiger partial charge in [-0.3, -0.25) is 4.79 Å². The quantitative estimate of drug-likeness (QED) is 0.825. The van der Waals surface area contributed by atoms with Gasteiger partial charge in [0.05, 0.1) is 13.2 Å². The number of rotatable bonds is 5. The highest BCUT2D eigenvalue weighted by Gasteiger charge is 2.07. The van der Waals surface area contributed by atoms with Crippen LogP contribution in [0.25, 0.3) is 6.08 Å². The Morgan fingerprint density at radius 1 is 1.26 bits per heavy atom. The van der Waals surface area contributed by atoms with Gasteiger partial charge in [-0.1, -0.05) is 29.8 Å². The monoisotopic (exact) mass is 333 g/mol. The Balaban J connectivity index is 1.98. The van der Waals surface area contributed by atoms with Gasteiger partial charge in [0.25, 0.3) is 0 Å². The minimum Gasteiger partial charge on any atom is -0.494 e. The molecule has 0 aromatic heterocycles. The molecule has 1 unspecified atom stereocenters. The largest absolute Gasteiger partial charge is 0.494 e. The van der Waals surface area contributed by atoms with Gasteiger partial charge in [0.1, 0.15) is 0 Å². The van der Waals surface area contributed by atoms with Gasteiger partial charge in [-0.25, -0.2) is 4.39 Å². The maximum Gasteiger partial charge on any atom is 0.244 e. The molecule has 0 fully saturated rings. The van der Waals surface area contributed by atoms with E-state index in [0.717, 1.165) is 5.56 Å². The number of ether oxygens (including phenoxy) is 1. The van der Waals surface area contributed by atoms with E-state index in [1.165, 1.54) is 25.3 Å². The third-order valence-corrected chi connectivity index (χ3v) is 3.58. The number of amides is 1. The van der Waals surface area contributed by atoms with Crippen LogP contribution in [-0.4, -0.2) is 13.0 Å². The van der Waals surface area contributed by atoms with E-state index in [4.69, 9.17) is 16.3 Å². The van der Waals surface area contributed by atoms with Crippen molar-refractivity contribution in [2.45, 2.75) is 13.0 Å². The van der Waals surface area contributed by atoms with Crippen LogP contribution >= 0.6 is 11.6 Å². The molecule has 1 amide bonds. The Kier molecular flexibility index (Phi) is 5.77. The van der Waals surface area contributed by atoms with Crippen molar-refractivity contribution in [1.82, 2.24) is 5.32 Å². The molecule has 0 saturated heterocycles. The van der Waals surface area contributed by atoms with Crippen LogP contribution < -0.4 is 10.1 Å². The van der Waals surface area contributed by atoms with E-state index < -0.39 is 5.82 Å². The van der Waals surface area contributed by atoms with Crippen molar-refractivity contribution in [2.24, 2.45) is 0 Å². The number of benzene rings is 2. The van der Waals surface area contributed by atoms with Gasteiger partial charge in [0.2, 0.25) is 5.91 Å². The number of hydrogen-bond acceptors (Lipinski definition) is 2. The van der Waals surface area contributed by atoms with Crippen molar-refractivity contribution < 1.29 is 13.9 Å². The highest BCUT2D eigenvalue weighted by atomic mass is 35.5. The van der Waals surface area contributed by atoms with E-state index >= 15 is 0 Å². The Morgan fingerprint density at radius 2 is 1.96 bits per heavy atom. The van der Waals surface area contributed by atoms with Crippen LogP contribution in [0.1, 0.15) is 24.1 Å². The molecule has 5 heteroatoms. The van der Waals surface area contributed by atoms with Crippen LogP contribution in [0.4, 0.5) is 4.39 Å². The Labute approximate surface area is 139 Å². The Hall–Kier alpha value is -2.33. The van der Waals surface area contributed by atoms with Crippen LogP contribution in [0.5, 0.6) is 5.75 Å². The van der Waals surface area contributed by atoms with Crippen LogP contribution in [-0.2, 0) is 4.79 Å². The summed E-state index contributed by atoms with van der Waals surface area (Å²) in [4.78, 5) is 11.9. The fourth-order valence-electron chi connectivity index (χ4n) is 2.05. The third kappa shape index (κ3) is 4.83. The number of hydrogen-bond donors (Lipinski definition) is 1. The summed E-state index contributed by atoms with van der Waals surface area (Å²) in [5.74, 6) is -0.559. The Bertz CT molecular complexity index is 713. The van der Waals surface area contributed by atoms with Crippen molar-refractivity contribution in [3.05, 3.63) is 70.5 Å². The lowest BCUT2D eigenvalue weighted by molar-refractivity contribution is -0.117. The van der Waals surface area contributed by atoms with Gasteiger partial charge in [0, 0.05) is 11.1 Å². The standard InChI is InChI=1S/C18H17ClFNO2/c1-12(14-5-7-15(19)8-6-14)21-18(22)10-4-13-3-9-17(23-2)16(20)11-13/h3-12H,1-2H3,(H,21,22)/b10-4+. The highest BCUT2D eigenvalue weighted by molar-refractivity contribution is 6.30. The second-order valence-electron chi connectivity index (χ2n) is 5.01. The number of nitrogens with one attached hydrogen (secondary N) is 1. The fourth-order valence-corrected chi connectivity index (χ4v) is 2.18. The van der Waals surface area contributed by atoms with E-state index in [1.54, 1.807) is 24.3 Å². The third-order valence-electron chi connectivity index (χ3n) is 3.33. The zero-order chi connectivity index (χ0) is 16.8. The second-order valence-corrected chi connectivity index (χ2v) is 5.45. The number of carbonyl (C=O) groups is 1. The predicted octanol–water partition coefficient (Wildman–Crippen LogP) is 4.38. The summed E-state index contributed by atoms with van der Waals surface area (Å²) in [6.07, 6.45) is 2.92. The average Bonchev–Trinajstić information content (AvgIpc) is 2.53. The number of halogens is 2. The van der Waals surface area contributed by atoms with Crippen molar-refractivity contribution in [3.63, 3.8) is 0 Å². The number of carbonyl (C=O) groups excluding carboxylic acids is 1. The zero-order valence-corrected chi connectivity index (χ0v) is 13.6. The summed E-state index contributed by atoms with van der Waals surface area (Å²) in [5.41, 5.74) is 1.53. The fraction of sp³-hybridized carbons (Fsp3) is 0.167. The first kappa shape index (κ1) is 17.0. The van der Waals surface area contributed by atoms with Crippen LogP contribution in [0.15, 0.2) is 48.5 Å².